The van der Waals surface area contributed by atoms with Crippen LogP contribution in [0.25, 0.3) is 11.4 Å². The van der Waals surface area contributed by atoms with E-state index in [0.717, 1.165) is 23.1 Å². The normalized spacial score (nSPS) is 11.4. The third kappa shape index (κ3) is 4.63. The quantitative estimate of drug-likeness (QED) is 0.700. The van der Waals surface area contributed by atoms with Gasteiger partial charge in [0.1, 0.15) is 0 Å². The first kappa shape index (κ1) is 19.5. The van der Waals surface area contributed by atoms with Gasteiger partial charge in [0.05, 0.1) is 5.75 Å². The van der Waals surface area contributed by atoms with Crippen molar-refractivity contribution in [3.63, 3.8) is 0 Å². The fraction of sp³-hybridized carbons (Fsp3) is 0.526. The lowest BCUT2D eigenvalue weighted by atomic mass is 10.1. The molecule has 0 radical (unpaired) electrons. The van der Waals surface area contributed by atoms with Gasteiger partial charge in [0, 0.05) is 24.2 Å². The summed E-state index contributed by atoms with van der Waals surface area (Å²) in [6, 6.07) is 8.63. The first-order valence-electron chi connectivity index (χ1n) is 8.79. The van der Waals surface area contributed by atoms with Gasteiger partial charge in [0.25, 0.3) is 0 Å². The average molecular weight is 361 g/mol. The van der Waals surface area contributed by atoms with Crippen molar-refractivity contribution in [3.05, 3.63) is 29.8 Å². The molecule has 136 valence electrons. The van der Waals surface area contributed by atoms with Gasteiger partial charge >= 0.3 is 0 Å². The van der Waals surface area contributed by atoms with Crippen LogP contribution in [0.15, 0.2) is 29.4 Å². The summed E-state index contributed by atoms with van der Waals surface area (Å²) in [5.41, 5.74) is 2.25. The number of aryl methyl sites for hydroxylation is 1. The Labute approximate surface area is 154 Å². The number of rotatable bonds is 7. The lowest BCUT2D eigenvalue weighted by Crippen LogP contribution is -2.43. The molecular weight excluding hydrogens is 332 g/mol. The summed E-state index contributed by atoms with van der Waals surface area (Å²) < 4.78 is 2.07. The molecule has 0 atom stereocenters. The van der Waals surface area contributed by atoms with Crippen LogP contribution >= 0.6 is 11.8 Å². The number of nitrogens with zero attached hydrogens (tertiary/aromatic N) is 4. The van der Waals surface area contributed by atoms with Crippen molar-refractivity contribution in [1.82, 2.24) is 19.7 Å². The van der Waals surface area contributed by atoms with E-state index in [-0.39, 0.29) is 18.0 Å². The Balaban J connectivity index is 2.17. The summed E-state index contributed by atoms with van der Waals surface area (Å²) in [7, 11) is 0. The van der Waals surface area contributed by atoms with Crippen LogP contribution in [0.1, 0.15) is 40.2 Å². The van der Waals surface area contributed by atoms with E-state index in [4.69, 9.17) is 0 Å². The van der Waals surface area contributed by atoms with E-state index >= 15 is 0 Å². The van der Waals surface area contributed by atoms with Crippen LogP contribution in [0, 0.1) is 6.92 Å². The molecule has 5 nitrogen and oxygen atoms in total. The van der Waals surface area contributed by atoms with Gasteiger partial charge in [0.2, 0.25) is 5.91 Å². The molecule has 0 spiro atoms. The Morgan fingerprint density at radius 3 is 2.44 bits per heavy atom. The van der Waals surface area contributed by atoms with Crippen LogP contribution < -0.4 is 0 Å². The Morgan fingerprint density at radius 1 is 1.20 bits per heavy atom. The molecule has 1 heterocycles. The predicted octanol–water partition coefficient (Wildman–Crippen LogP) is 4.01. The van der Waals surface area contributed by atoms with E-state index in [2.05, 4.69) is 40.7 Å². The first-order valence-corrected chi connectivity index (χ1v) is 9.77. The van der Waals surface area contributed by atoms with Crippen LogP contribution in [0.3, 0.4) is 0 Å². The maximum absolute atomic E-state index is 12.6. The van der Waals surface area contributed by atoms with Crippen molar-refractivity contribution in [3.8, 4) is 11.4 Å². The van der Waals surface area contributed by atoms with Crippen LogP contribution in [0.2, 0.25) is 0 Å². The molecule has 0 N–H and O–H groups in total. The number of amides is 1. The Kier molecular flexibility index (Phi) is 6.64. The molecule has 0 aliphatic rings. The second-order valence-corrected chi connectivity index (χ2v) is 7.64. The monoisotopic (exact) mass is 360 g/mol. The van der Waals surface area contributed by atoms with Crippen molar-refractivity contribution in [2.45, 2.75) is 65.3 Å². The Hall–Kier alpha value is -1.82. The molecule has 0 aliphatic heterocycles. The molecule has 2 rings (SSSR count). The number of hydrogen-bond donors (Lipinski definition) is 0. The van der Waals surface area contributed by atoms with E-state index in [9.17, 15) is 4.79 Å². The van der Waals surface area contributed by atoms with Crippen LogP contribution in [0.5, 0.6) is 0 Å². The minimum absolute atomic E-state index is 0.137. The number of benzene rings is 1. The van der Waals surface area contributed by atoms with Crippen LogP contribution in [-0.2, 0) is 11.3 Å². The lowest BCUT2D eigenvalue weighted by molar-refractivity contribution is -0.131. The molecule has 0 saturated heterocycles. The van der Waals surface area contributed by atoms with Crippen molar-refractivity contribution >= 4 is 17.7 Å². The standard InChI is InChI=1S/C19H28N4OS/c1-7-22-18(16-10-8-9-15(6)11-16)20-21-19(22)25-12-17(24)23(13(2)3)14(4)5/h8-11,13-14H,7,12H2,1-6H3. The molecule has 1 aromatic heterocycles. The zero-order chi connectivity index (χ0) is 18.6. The topological polar surface area (TPSA) is 51.0 Å². The van der Waals surface area contributed by atoms with Gasteiger partial charge in [-0.05, 0) is 47.6 Å². The third-order valence-corrected chi connectivity index (χ3v) is 4.99. The van der Waals surface area contributed by atoms with Crippen LogP contribution in [0.4, 0.5) is 0 Å². The molecule has 0 fully saturated rings. The van der Waals surface area contributed by atoms with Crippen molar-refractivity contribution in [1.29, 1.82) is 0 Å². The van der Waals surface area contributed by atoms with Gasteiger partial charge in [-0.25, -0.2) is 0 Å². The van der Waals surface area contributed by atoms with E-state index < -0.39 is 0 Å². The van der Waals surface area contributed by atoms with Gasteiger partial charge in [0.15, 0.2) is 11.0 Å². The zero-order valence-electron chi connectivity index (χ0n) is 16.0. The predicted molar refractivity (Wildman–Crippen MR) is 104 cm³/mol. The highest BCUT2D eigenvalue weighted by Gasteiger charge is 2.21. The molecule has 0 saturated carbocycles. The fourth-order valence-electron chi connectivity index (χ4n) is 3.05. The molecule has 1 amide bonds. The number of thioether (sulfide) groups is 1. The van der Waals surface area contributed by atoms with E-state index in [1.54, 1.807) is 0 Å². The number of carbonyl (C=O) groups excluding carboxylic acids is 1. The Bertz CT molecular complexity index is 716. The highest BCUT2D eigenvalue weighted by Crippen LogP contribution is 2.25. The summed E-state index contributed by atoms with van der Waals surface area (Å²) in [5.74, 6) is 1.37. The largest absolute Gasteiger partial charge is 0.337 e. The molecule has 0 unspecified atom stereocenters. The maximum atomic E-state index is 12.6. The number of carbonyl (C=O) groups is 1. The number of hydrogen-bond acceptors (Lipinski definition) is 4. The van der Waals surface area contributed by atoms with E-state index in [0.29, 0.717) is 5.75 Å². The van der Waals surface area contributed by atoms with Gasteiger partial charge < -0.3 is 9.47 Å². The highest BCUT2D eigenvalue weighted by atomic mass is 32.2. The molecule has 0 aliphatic carbocycles. The van der Waals surface area contributed by atoms with Crippen molar-refractivity contribution in [2.75, 3.05) is 5.75 Å². The minimum Gasteiger partial charge on any atom is -0.337 e. The first-order chi connectivity index (χ1) is 11.8. The smallest absolute Gasteiger partial charge is 0.233 e. The lowest BCUT2D eigenvalue weighted by Gasteiger charge is -2.30. The minimum atomic E-state index is 0.137. The average Bonchev–Trinajstić information content (AvgIpc) is 2.95. The molecule has 6 heteroatoms. The summed E-state index contributed by atoms with van der Waals surface area (Å²) >= 11 is 1.46. The summed E-state index contributed by atoms with van der Waals surface area (Å²) in [6.07, 6.45) is 0. The van der Waals surface area contributed by atoms with Gasteiger partial charge in [-0.1, -0.05) is 35.5 Å². The SMILES string of the molecule is CCn1c(SCC(=O)N(C(C)C)C(C)C)nnc1-c1cccc(C)c1. The second kappa shape index (κ2) is 8.52. The van der Waals surface area contributed by atoms with Gasteiger partial charge in [-0.15, -0.1) is 10.2 Å². The zero-order valence-corrected chi connectivity index (χ0v) is 16.8. The second-order valence-electron chi connectivity index (χ2n) is 6.70. The molecular formula is C19H28N4OS. The van der Waals surface area contributed by atoms with Gasteiger partial charge in [-0.3, -0.25) is 4.79 Å². The summed E-state index contributed by atoms with van der Waals surface area (Å²) in [4.78, 5) is 14.5. The van der Waals surface area contributed by atoms with Crippen molar-refractivity contribution in [2.24, 2.45) is 0 Å². The van der Waals surface area contributed by atoms with E-state index in [1.807, 2.05) is 44.7 Å². The number of aromatic nitrogens is 3. The third-order valence-electron chi connectivity index (χ3n) is 4.03. The summed E-state index contributed by atoms with van der Waals surface area (Å²) in [5, 5.41) is 9.47. The maximum Gasteiger partial charge on any atom is 0.233 e. The van der Waals surface area contributed by atoms with Crippen molar-refractivity contribution < 1.29 is 4.79 Å². The summed E-state index contributed by atoms with van der Waals surface area (Å²) in [6.45, 7) is 13.1. The van der Waals surface area contributed by atoms with Gasteiger partial charge in [-0.2, -0.15) is 0 Å². The fourth-order valence-corrected chi connectivity index (χ4v) is 3.92. The highest BCUT2D eigenvalue weighted by molar-refractivity contribution is 7.99. The molecule has 25 heavy (non-hydrogen) atoms. The Morgan fingerprint density at radius 2 is 1.88 bits per heavy atom. The molecule has 1 aromatic carbocycles. The van der Waals surface area contributed by atoms with Crippen LogP contribution in [-0.4, -0.2) is 43.4 Å². The molecule has 2 aromatic rings. The van der Waals surface area contributed by atoms with E-state index in [1.165, 1.54) is 17.3 Å². The molecule has 0 bridgehead atoms.